The smallest absolute Gasteiger partial charge is 0.404 e. The van der Waals surface area contributed by atoms with E-state index in [1.54, 1.807) is 6.07 Å². The molecule has 1 heterocycles. The van der Waals surface area contributed by atoms with E-state index in [1.165, 1.54) is 6.07 Å². The standard InChI is InChI=1S/C14H15ClN2O3/c1-10(7-11-3-2-4-12(15)8-11)16-9-13-5-6-14(20-13)17(18)19/h2-6,8,10,16H,7,9H2,1H3. The van der Waals surface area contributed by atoms with Crippen LogP contribution in [0.2, 0.25) is 5.02 Å². The molecule has 20 heavy (non-hydrogen) atoms. The predicted molar refractivity (Wildman–Crippen MR) is 76.8 cm³/mol. The minimum Gasteiger partial charge on any atom is -0.404 e. The van der Waals surface area contributed by atoms with Crippen LogP contribution in [0, 0.1) is 10.1 Å². The van der Waals surface area contributed by atoms with E-state index in [0.717, 1.165) is 17.0 Å². The molecular formula is C14H15ClN2O3. The highest BCUT2D eigenvalue weighted by Gasteiger charge is 2.12. The van der Waals surface area contributed by atoms with Crippen molar-refractivity contribution in [3.8, 4) is 0 Å². The number of furan rings is 1. The molecule has 0 saturated carbocycles. The maximum Gasteiger partial charge on any atom is 0.433 e. The third kappa shape index (κ3) is 4.08. The van der Waals surface area contributed by atoms with Crippen LogP contribution in [0.1, 0.15) is 18.2 Å². The quantitative estimate of drug-likeness (QED) is 0.653. The van der Waals surface area contributed by atoms with Gasteiger partial charge in [0.25, 0.3) is 0 Å². The second-order valence-corrected chi connectivity index (χ2v) is 5.05. The highest BCUT2D eigenvalue weighted by molar-refractivity contribution is 6.30. The van der Waals surface area contributed by atoms with Gasteiger partial charge in [-0.25, -0.2) is 0 Å². The third-order valence-corrected chi connectivity index (χ3v) is 3.12. The first-order chi connectivity index (χ1) is 9.54. The average Bonchev–Trinajstić information content (AvgIpc) is 2.85. The van der Waals surface area contributed by atoms with Crippen LogP contribution in [-0.2, 0) is 13.0 Å². The van der Waals surface area contributed by atoms with Crippen molar-refractivity contribution in [2.45, 2.75) is 25.9 Å². The van der Waals surface area contributed by atoms with Gasteiger partial charge >= 0.3 is 5.88 Å². The van der Waals surface area contributed by atoms with Crippen LogP contribution in [0.5, 0.6) is 0 Å². The van der Waals surface area contributed by atoms with Crippen LogP contribution in [0.4, 0.5) is 5.88 Å². The van der Waals surface area contributed by atoms with Crippen molar-refractivity contribution in [2.75, 3.05) is 0 Å². The lowest BCUT2D eigenvalue weighted by molar-refractivity contribution is -0.402. The van der Waals surface area contributed by atoms with Crippen LogP contribution in [0.25, 0.3) is 0 Å². The third-order valence-electron chi connectivity index (χ3n) is 2.88. The van der Waals surface area contributed by atoms with Crippen LogP contribution in [0.15, 0.2) is 40.8 Å². The molecule has 1 unspecified atom stereocenters. The maximum absolute atomic E-state index is 10.5. The summed E-state index contributed by atoms with van der Waals surface area (Å²) in [5.74, 6) is 0.318. The van der Waals surface area contributed by atoms with Gasteiger partial charge in [-0.2, -0.15) is 0 Å². The van der Waals surface area contributed by atoms with Gasteiger partial charge in [0.2, 0.25) is 0 Å². The van der Waals surface area contributed by atoms with Crippen molar-refractivity contribution < 1.29 is 9.34 Å². The van der Waals surface area contributed by atoms with E-state index in [2.05, 4.69) is 5.32 Å². The Hall–Kier alpha value is -1.85. The van der Waals surface area contributed by atoms with Gasteiger partial charge in [-0.1, -0.05) is 23.7 Å². The summed E-state index contributed by atoms with van der Waals surface area (Å²) in [7, 11) is 0. The molecule has 0 amide bonds. The summed E-state index contributed by atoms with van der Waals surface area (Å²) >= 11 is 5.93. The molecule has 0 radical (unpaired) electrons. The van der Waals surface area contributed by atoms with Gasteiger partial charge in [0.05, 0.1) is 12.6 Å². The van der Waals surface area contributed by atoms with Gasteiger partial charge in [-0.3, -0.25) is 10.1 Å². The topological polar surface area (TPSA) is 68.3 Å². The van der Waals surface area contributed by atoms with E-state index in [0.29, 0.717) is 12.3 Å². The monoisotopic (exact) mass is 294 g/mol. The van der Waals surface area contributed by atoms with E-state index < -0.39 is 4.92 Å². The lowest BCUT2D eigenvalue weighted by Gasteiger charge is -2.12. The summed E-state index contributed by atoms with van der Waals surface area (Å²) in [5.41, 5.74) is 1.14. The Morgan fingerprint density at radius 2 is 2.20 bits per heavy atom. The lowest BCUT2D eigenvalue weighted by atomic mass is 10.1. The zero-order valence-corrected chi connectivity index (χ0v) is 11.8. The number of benzene rings is 1. The van der Waals surface area contributed by atoms with Gasteiger partial charge in [-0.05, 0) is 37.1 Å². The van der Waals surface area contributed by atoms with Crippen molar-refractivity contribution >= 4 is 17.5 Å². The number of hydrogen-bond donors (Lipinski definition) is 1. The van der Waals surface area contributed by atoms with Gasteiger partial charge in [0, 0.05) is 11.1 Å². The predicted octanol–water partition coefficient (Wildman–Crippen LogP) is 3.56. The first-order valence-electron chi connectivity index (χ1n) is 6.25. The summed E-state index contributed by atoms with van der Waals surface area (Å²) in [6.45, 7) is 2.49. The molecule has 5 nitrogen and oxygen atoms in total. The average molecular weight is 295 g/mol. The molecule has 0 aliphatic rings. The highest BCUT2D eigenvalue weighted by Crippen LogP contribution is 2.16. The van der Waals surface area contributed by atoms with Crippen molar-refractivity contribution in [3.63, 3.8) is 0 Å². The molecule has 1 N–H and O–H groups in total. The Balaban J connectivity index is 1.85. The highest BCUT2D eigenvalue weighted by atomic mass is 35.5. The zero-order chi connectivity index (χ0) is 14.5. The van der Waals surface area contributed by atoms with Gasteiger partial charge in [0.15, 0.2) is 0 Å². The molecule has 0 aliphatic carbocycles. The van der Waals surface area contributed by atoms with Gasteiger partial charge in [0.1, 0.15) is 10.7 Å². The summed E-state index contributed by atoms with van der Waals surface area (Å²) < 4.78 is 5.08. The molecule has 0 saturated heterocycles. The zero-order valence-electron chi connectivity index (χ0n) is 11.0. The molecule has 0 bridgehead atoms. The number of halogens is 1. The van der Waals surface area contributed by atoms with Crippen LogP contribution in [-0.4, -0.2) is 11.0 Å². The van der Waals surface area contributed by atoms with Crippen molar-refractivity contribution in [3.05, 3.63) is 62.9 Å². The molecule has 106 valence electrons. The summed E-state index contributed by atoms with van der Waals surface area (Å²) in [4.78, 5) is 9.96. The Labute approximate surface area is 121 Å². The second-order valence-electron chi connectivity index (χ2n) is 4.61. The molecule has 1 atom stereocenters. The normalized spacial score (nSPS) is 12.3. The minimum absolute atomic E-state index is 0.206. The number of nitro groups is 1. The Morgan fingerprint density at radius 1 is 1.40 bits per heavy atom. The van der Waals surface area contributed by atoms with E-state index in [9.17, 15) is 10.1 Å². The molecule has 1 aromatic carbocycles. The van der Waals surface area contributed by atoms with Crippen molar-refractivity contribution in [1.82, 2.24) is 5.32 Å². The summed E-state index contributed by atoms with van der Waals surface area (Å²) in [6, 6.07) is 10.9. The van der Waals surface area contributed by atoms with E-state index in [4.69, 9.17) is 16.0 Å². The molecular weight excluding hydrogens is 280 g/mol. The number of rotatable bonds is 6. The molecule has 0 aliphatic heterocycles. The first kappa shape index (κ1) is 14.6. The Kier molecular flexibility index (Phi) is 4.76. The molecule has 2 rings (SSSR count). The Bertz CT molecular complexity index is 598. The Morgan fingerprint density at radius 3 is 2.85 bits per heavy atom. The fourth-order valence-corrected chi connectivity index (χ4v) is 2.14. The van der Waals surface area contributed by atoms with E-state index in [-0.39, 0.29) is 11.9 Å². The van der Waals surface area contributed by atoms with Crippen LogP contribution in [0.3, 0.4) is 0 Å². The van der Waals surface area contributed by atoms with E-state index in [1.807, 2.05) is 31.2 Å². The molecule has 6 heteroatoms. The maximum atomic E-state index is 10.5. The van der Waals surface area contributed by atoms with Crippen molar-refractivity contribution in [2.24, 2.45) is 0 Å². The van der Waals surface area contributed by atoms with Crippen LogP contribution >= 0.6 is 11.6 Å². The SMILES string of the molecule is CC(Cc1cccc(Cl)c1)NCc1ccc([N+](=O)[O-])o1. The van der Waals surface area contributed by atoms with Crippen LogP contribution < -0.4 is 5.32 Å². The molecule has 0 fully saturated rings. The largest absolute Gasteiger partial charge is 0.433 e. The number of nitrogens with one attached hydrogen (secondary N) is 1. The second kappa shape index (κ2) is 6.54. The molecule has 2 aromatic rings. The minimum atomic E-state index is -0.543. The van der Waals surface area contributed by atoms with Gasteiger partial charge < -0.3 is 9.73 Å². The number of hydrogen-bond acceptors (Lipinski definition) is 4. The van der Waals surface area contributed by atoms with Gasteiger partial charge in [-0.15, -0.1) is 0 Å². The number of nitrogens with zero attached hydrogens (tertiary/aromatic N) is 1. The fraction of sp³-hybridized carbons (Fsp3) is 0.286. The summed E-state index contributed by atoms with van der Waals surface area (Å²) in [6.07, 6.45) is 0.823. The van der Waals surface area contributed by atoms with Crippen molar-refractivity contribution in [1.29, 1.82) is 0 Å². The lowest BCUT2D eigenvalue weighted by Crippen LogP contribution is -2.27. The summed E-state index contributed by atoms with van der Waals surface area (Å²) in [5, 5.41) is 14.5. The molecule has 0 spiro atoms. The van der Waals surface area contributed by atoms with E-state index >= 15 is 0 Å². The molecule has 1 aromatic heterocycles. The first-order valence-corrected chi connectivity index (χ1v) is 6.63. The fourth-order valence-electron chi connectivity index (χ4n) is 1.92.